The number of benzene rings is 2. The molecule has 6 heteroatoms. The summed E-state index contributed by atoms with van der Waals surface area (Å²) in [6.45, 7) is 1.80. The molecule has 0 spiro atoms. The number of nitrogens with one attached hydrogen (secondary N) is 1. The van der Waals surface area contributed by atoms with Crippen LogP contribution in [0, 0.1) is 10.1 Å². The minimum absolute atomic E-state index is 0.259. The minimum atomic E-state index is -0.781. The van der Waals surface area contributed by atoms with Crippen molar-refractivity contribution in [2.24, 2.45) is 0 Å². The summed E-state index contributed by atoms with van der Waals surface area (Å²) in [6, 6.07) is 13.2. The fourth-order valence-corrected chi connectivity index (χ4v) is 2.74. The number of nitrogens with zero attached hydrogens (tertiary/aromatic N) is 1. The number of ether oxygens (including phenoxy) is 1. The van der Waals surface area contributed by atoms with E-state index in [1.807, 2.05) is 30.3 Å². The number of halogens is 1. The number of methoxy groups -OCH3 is 1. The molecule has 0 amide bonds. The summed E-state index contributed by atoms with van der Waals surface area (Å²) in [6.07, 6.45) is 0.395. The zero-order valence-corrected chi connectivity index (χ0v) is 13.8. The molecule has 0 fully saturated rings. The Bertz CT molecular complexity index is 661. The summed E-state index contributed by atoms with van der Waals surface area (Å²) in [5, 5.41) is 15.2. The summed E-state index contributed by atoms with van der Waals surface area (Å²) in [5.41, 5.74) is 1.49. The van der Waals surface area contributed by atoms with Gasteiger partial charge in [-0.15, -0.1) is 0 Å². The molecule has 0 saturated heterocycles. The van der Waals surface area contributed by atoms with Crippen LogP contribution in [0.4, 0.5) is 5.69 Å². The van der Waals surface area contributed by atoms with E-state index < -0.39 is 12.1 Å². The molecule has 0 heterocycles. The maximum absolute atomic E-state index is 11.4. The molecule has 0 aliphatic rings. The van der Waals surface area contributed by atoms with E-state index in [2.05, 4.69) is 5.32 Å². The van der Waals surface area contributed by atoms with Gasteiger partial charge in [0.15, 0.2) is 0 Å². The predicted molar refractivity (Wildman–Crippen MR) is 91.9 cm³/mol. The van der Waals surface area contributed by atoms with Crippen molar-refractivity contribution in [2.45, 2.75) is 25.4 Å². The Morgan fingerprint density at radius 1 is 1.22 bits per heavy atom. The highest BCUT2D eigenvalue weighted by Gasteiger charge is 2.32. The van der Waals surface area contributed by atoms with E-state index >= 15 is 0 Å². The van der Waals surface area contributed by atoms with Crippen molar-refractivity contribution in [3.8, 4) is 5.75 Å². The van der Waals surface area contributed by atoms with Crippen LogP contribution in [0.3, 0.4) is 0 Å². The standard InChI is InChI=1S/C17H19ClN2O3/c1-3-16(20(21)22)17(14-6-4-5-7-15(14)18)19-12-8-10-13(23-2)11-9-12/h4-11,16-17,19H,3H2,1-2H3/t16-,17+/m1/s1. The third kappa shape index (κ3) is 4.13. The maximum atomic E-state index is 11.4. The van der Waals surface area contributed by atoms with E-state index in [1.165, 1.54) is 0 Å². The zero-order valence-electron chi connectivity index (χ0n) is 13.0. The second kappa shape index (κ2) is 7.83. The third-order valence-electron chi connectivity index (χ3n) is 3.73. The Morgan fingerprint density at radius 3 is 2.39 bits per heavy atom. The van der Waals surface area contributed by atoms with Crippen LogP contribution in [0.1, 0.15) is 24.9 Å². The number of hydrogen-bond acceptors (Lipinski definition) is 4. The van der Waals surface area contributed by atoms with Gasteiger partial charge in [0.2, 0.25) is 6.04 Å². The van der Waals surface area contributed by atoms with E-state index in [0.29, 0.717) is 17.0 Å². The molecule has 0 aliphatic heterocycles. The van der Waals surface area contributed by atoms with E-state index in [9.17, 15) is 10.1 Å². The van der Waals surface area contributed by atoms with Crippen LogP contribution < -0.4 is 10.1 Å². The molecule has 2 atom stereocenters. The van der Waals surface area contributed by atoms with Gasteiger partial charge >= 0.3 is 0 Å². The summed E-state index contributed by atoms with van der Waals surface area (Å²) in [4.78, 5) is 11.2. The first-order chi connectivity index (χ1) is 11.1. The third-order valence-corrected chi connectivity index (χ3v) is 4.07. The van der Waals surface area contributed by atoms with Crippen molar-refractivity contribution in [3.63, 3.8) is 0 Å². The Hall–Kier alpha value is -2.27. The number of rotatable bonds is 7. The molecule has 0 radical (unpaired) electrons. The predicted octanol–water partition coefficient (Wildman–Crippen LogP) is 4.56. The highest BCUT2D eigenvalue weighted by molar-refractivity contribution is 6.31. The van der Waals surface area contributed by atoms with Crippen LogP contribution in [0.5, 0.6) is 5.75 Å². The molecule has 0 saturated carbocycles. The topological polar surface area (TPSA) is 64.4 Å². The van der Waals surface area contributed by atoms with E-state index in [0.717, 1.165) is 11.4 Å². The Balaban J connectivity index is 2.36. The van der Waals surface area contributed by atoms with Gasteiger partial charge in [-0.05, 0) is 35.9 Å². The summed E-state index contributed by atoms with van der Waals surface area (Å²) in [7, 11) is 1.59. The van der Waals surface area contributed by atoms with Crippen molar-refractivity contribution in [1.82, 2.24) is 0 Å². The quantitative estimate of drug-likeness (QED) is 0.595. The molecule has 0 bridgehead atoms. The highest BCUT2D eigenvalue weighted by Crippen LogP contribution is 2.31. The summed E-state index contributed by atoms with van der Waals surface area (Å²) < 4.78 is 5.13. The van der Waals surface area contributed by atoms with Gasteiger partial charge < -0.3 is 10.1 Å². The van der Waals surface area contributed by atoms with Gasteiger partial charge in [-0.1, -0.05) is 36.7 Å². The fourth-order valence-electron chi connectivity index (χ4n) is 2.48. The SMILES string of the molecule is CC[C@H]([C@@H](Nc1ccc(OC)cc1)c1ccccc1Cl)[N+](=O)[O-]. The maximum Gasteiger partial charge on any atom is 0.236 e. The molecule has 23 heavy (non-hydrogen) atoms. The number of nitro groups is 1. The average Bonchev–Trinajstić information content (AvgIpc) is 2.55. The summed E-state index contributed by atoms with van der Waals surface area (Å²) in [5.74, 6) is 0.728. The fraction of sp³-hybridized carbons (Fsp3) is 0.294. The lowest BCUT2D eigenvalue weighted by Crippen LogP contribution is -2.32. The van der Waals surface area contributed by atoms with E-state index in [4.69, 9.17) is 16.3 Å². The van der Waals surface area contributed by atoms with Crippen molar-refractivity contribution < 1.29 is 9.66 Å². The van der Waals surface area contributed by atoms with Gasteiger partial charge in [-0.3, -0.25) is 10.1 Å². The molecule has 0 unspecified atom stereocenters. The lowest BCUT2D eigenvalue weighted by molar-refractivity contribution is -0.526. The number of anilines is 1. The largest absolute Gasteiger partial charge is 0.497 e. The molecular formula is C17H19ClN2O3. The zero-order chi connectivity index (χ0) is 16.8. The van der Waals surface area contributed by atoms with Crippen LogP contribution in [-0.2, 0) is 0 Å². The van der Waals surface area contributed by atoms with Gasteiger partial charge in [0.05, 0.1) is 7.11 Å². The van der Waals surface area contributed by atoms with Crippen LogP contribution in [0.15, 0.2) is 48.5 Å². The molecule has 2 aromatic rings. The van der Waals surface area contributed by atoms with Crippen molar-refractivity contribution >= 4 is 17.3 Å². The Morgan fingerprint density at radius 2 is 1.87 bits per heavy atom. The first-order valence-corrected chi connectivity index (χ1v) is 7.73. The van der Waals surface area contributed by atoms with Crippen LogP contribution in [-0.4, -0.2) is 18.1 Å². The smallest absolute Gasteiger partial charge is 0.236 e. The van der Waals surface area contributed by atoms with Crippen molar-refractivity contribution in [2.75, 3.05) is 12.4 Å². The van der Waals surface area contributed by atoms with Gasteiger partial charge in [0.25, 0.3) is 0 Å². The molecular weight excluding hydrogens is 316 g/mol. The molecule has 2 rings (SSSR count). The number of hydrogen-bond donors (Lipinski definition) is 1. The van der Waals surface area contributed by atoms with Crippen LogP contribution in [0.25, 0.3) is 0 Å². The average molecular weight is 335 g/mol. The Kier molecular flexibility index (Phi) is 5.82. The van der Waals surface area contributed by atoms with Gasteiger partial charge in [-0.25, -0.2) is 0 Å². The first-order valence-electron chi connectivity index (χ1n) is 7.35. The Labute approximate surface area is 140 Å². The van der Waals surface area contributed by atoms with Gasteiger partial charge in [-0.2, -0.15) is 0 Å². The first kappa shape index (κ1) is 17.1. The molecule has 122 valence electrons. The highest BCUT2D eigenvalue weighted by atomic mass is 35.5. The molecule has 2 aromatic carbocycles. The minimum Gasteiger partial charge on any atom is -0.497 e. The second-order valence-electron chi connectivity index (χ2n) is 5.13. The molecule has 0 aliphatic carbocycles. The molecule has 1 N–H and O–H groups in total. The van der Waals surface area contributed by atoms with Crippen molar-refractivity contribution in [3.05, 3.63) is 69.2 Å². The van der Waals surface area contributed by atoms with E-state index in [-0.39, 0.29) is 4.92 Å². The monoisotopic (exact) mass is 334 g/mol. The normalized spacial score (nSPS) is 13.2. The van der Waals surface area contributed by atoms with Crippen LogP contribution in [0.2, 0.25) is 5.02 Å². The van der Waals surface area contributed by atoms with Gasteiger partial charge in [0.1, 0.15) is 11.8 Å². The molecule has 5 nitrogen and oxygen atoms in total. The lowest BCUT2D eigenvalue weighted by atomic mass is 9.97. The second-order valence-corrected chi connectivity index (χ2v) is 5.54. The van der Waals surface area contributed by atoms with Gasteiger partial charge in [0, 0.05) is 22.1 Å². The lowest BCUT2D eigenvalue weighted by Gasteiger charge is -2.24. The van der Waals surface area contributed by atoms with Crippen molar-refractivity contribution in [1.29, 1.82) is 0 Å². The summed E-state index contributed by atoms with van der Waals surface area (Å²) >= 11 is 6.26. The van der Waals surface area contributed by atoms with E-state index in [1.54, 1.807) is 32.2 Å². The van der Waals surface area contributed by atoms with Crippen LogP contribution >= 0.6 is 11.6 Å². The molecule has 0 aromatic heterocycles.